The molecule has 2 heterocycles. The minimum absolute atomic E-state index is 0.263. The number of anilines is 1. The number of aromatic nitrogens is 2. The number of piperidine rings is 1. The van der Waals surface area contributed by atoms with Gasteiger partial charge < -0.3 is 19.9 Å². The molecule has 1 aromatic heterocycles. The molecule has 37 heavy (non-hydrogen) atoms. The maximum Gasteiger partial charge on any atom is 0.416 e. The zero-order valence-electron chi connectivity index (χ0n) is 20.0. The van der Waals surface area contributed by atoms with Gasteiger partial charge in [-0.3, -0.25) is 4.79 Å². The smallest absolute Gasteiger partial charge is 0.416 e. The highest BCUT2D eigenvalue weighted by Crippen LogP contribution is 2.51. The molecule has 1 aliphatic carbocycles. The molecule has 0 spiro atoms. The molecule has 10 heteroatoms. The number of nitrogens with zero attached hydrogens (tertiary/aromatic N) is 3. The zero-order valence-corrected chi connectivity index (χ0v) is 20.0. The molecule has 2 atom stereocenters. The molecule has 0 bridgehead atoms. The van der Waals surface area contributed by atoms with E-state index in [1.165, 1.54) is 6.07 Å². The van der Waals surface area contributed by atoms with Crippen molar-refractivity contribution >= 4 is 17.6 Å². The van der Waals surface area contributed by atoms with Crippen molar-refractivity contribution in [2.24, 2.45) is 5.92 Å². The number of nitrogens with one attached hydrogen (secondary N) is 1. The van der Waals surface area contributed by atoms with E-state index >= 15 is 0 Å². The summed E-state index contributed by atoms with van der Waals surface area (Å²) in [4.78, 5) is 31.5. The Hall–Kier alpha value is -3.82. The standard InChI is InChI=1S/C27H27F3N4O3/c28-27(29,30)20-7-4-8-21(13-20)34-11-9-19(10-12-34)24(35)32-26(25(36)37)14-22(26)23-16-33(17-31-23)15-18-5-2-1-3-6-18/h1-8,13,16-17,19,22H,9-12,14-15H2,(H,32,35)(H,36,37). The van der Waals surface area contributed by atoms with Crippen molar-refractivity contribution in [2.45, 2.75) is 43.4 Å². The summed E-state index contributed by atoms with van der Waals surface area (Å²) in [6.45, 7) is 1.43. The summed E-state index contributed by atoms with van der Waals surface area (Å²) in [7, 11) is 0. The van der Waals surface area contributed by atoms with E-state index in [4.69, 9.17) is 0 Å². The topological polar surface area (TPSA) is 87.5 Å². The van der Waals surface area contributed by atoms with E-state index in [-0.39, 0.29) is 12.3 Å². The third-order valence-corrected chi connectivity index (χ3v) is 7.31. The Morgan fingerprint density at radius 1 is 1.08 bits per heavy atom. The van der Waals surface area contributed by atoms with Gasteiger partial charge in [0.15, 0.2) is 0 Å². The van der Waals surface area contributed by atoms with Crippen LogP contribution in [0.4, 0.5) is 18.9 Å². The van der Waals surface area contributed by atoms with Crippen LogP contribution >= 0.6 is 0 Å². The second kappa shape index (κ2) is 9.57. The summed E-state index contributed by atoms with van der Waals surface area (Å²) < 4.78 is 41.1. The lowest BCUT2D eigenvalue weighted by atomic mass is 9.94. The number of amides is 1. The highest BCUT2D eigenvalue weighted by atomic mass is 19.4. The normalized spacial score (nSPS) is 22.0. The first-order chi connectivity index (χ1) is 17.7. The van der Waals surface area contributed by atoms with Crippen LogP contribution in [0.2, 0.25) is 0 Å². The molecule has 1 saturated carbocycles. The van der Waals surface area contributed by atoms with E-state index in [0.717, 1.165) is 17.7 Å². The van der Waals surface area contributed by atoms with Gasteiger partial charge in [0.25, 0.3) is 0 Å². The molecule has 1 saturated heterocycles. The number of alkyl halides is 3. The zero-order chi connectivity index (χ0) is 26.2. The summed E-state index contributed by atoms with van der Waals surface area (Å²) >= 11 is 0. The van der Waals surface area contributed by atoms with Crippen LogP contribution in [0, 0.1) is 5.92 Å². The molecule has 194 valence electrons. The third-order valence-electron chi connectivity index (χ3n) is 7.31. The van der Waals surface area contributed by atoms with Crippen molar-refractivity contribution in [3.8, 4) is 0 Å². The van der Waals surface area contributed by atoms with Crippen molar-refractivity contribution in [1.29, 1.82) is 0 Å². The average Bonchev–Trinajstić information content (AvgIpc) is 3.44. The lowest BCUT2D eigenvalue weighted by Gasteiger charge is -2.33. The van der Waals surface area contributed by atoms with Gasteiger partial charge in [0.1, 0.15) is 5.54 Å². The van der Waals surface area contributed by atoms with Crippen LogP contribution in [0.5, 0.6) is 0 Å². The van der Waals surface area contributed by atoms with E-state index in [9.17, 15) is 27.9 Å². The van der Waals surface area contributed by atoms with E-state index in [2.05, 4.69) is 10.3 Å². The lowest BCUT2D eigenvalue weighted by Crippen LogP contribution is -2.49. The van der Waals surface area contributed by atoms with Crippen LogP contribution in [-0.4, -0.2) is 45.2 Å². The molecule has 1 aliphatic heterocycles. The van der Waals surface area contributed by atoms with Gasteiger partial charge in [-0.2, -0.15) is 13.2 Å². The van der Waals surface area contributed by atoms with E-state index < -0.39 is 35.1 Å². The number of aliphatic carboxylic acids is 1. The molecule has 5 rings (SSSR count). The Balaban J connectivity index is 1.20. The van der Waals surface area contributed by atoms with Crippen LogP contribution in [0.15, 0.2) is 67.1 Å². The summed E-state index contributed by atoms with van der Waals surface area (Å²) in [5.41, 5.74) is 0.0825. The summed E-state index contributed by atoms with van der Waals surface area (Å²) in [6.07, 6.45) is 0.181. The maximum absolute atomic E-state index is 13.1. The van der Waals surface area contributed by atoms with Crippen molar-refractivity contribution in [3.63, 3.8) is 0 Å². The second-order valence-electron chi connectivity index (χ2n) is 9.79. The van der Waals surface area contributed by atoms with Gasteiger partial charge in [-0.05, 0) is 43.0 Å². The molecule has 2 fully saturated rings. The number of carbonyl (C=O) groups excluding carboxylic acids is 1. The Morgan fingerprint density at radius 3 is 2.49 bits per heavy atom. The number of carboxylic acid groups (broad SMARTS) is 1. The van der Waals surface area contributed by atoms with Gasteiger partial charge >= 0.3 is 12.1 Å². The van der Waals surface area contributed by atoms with Crippen molar-refractivity contribution in [2.75, 3.05) is 18.0 Å². The van der Waals surface area contributed by atoms with Crippen LogP contribution < -0.4 is 10.2 Å². The number of hydrogen-bond acceptors (Lipinski definition) is 4. The van der Waals surface area contributed by atoms with E-state index in [1.807, 2.05) is 46.0 Å². The molecule has 0 radical (unpaired) electrons. The molecule has 1 amide bonds. The van der Waals surface area contributed by atoms with E-state index in [0.29, 0.717) is 43.9 Å². The Morgan fingerprint density at radius 2 is 1.81 bits per heavy atom. The summed E-state index contributed by atoms with van der Waals surface area (Å²) in [5, 5.41) is 12.7. The number of carbonyl (C=O) groups is 2. The number of imidazole rings is 1. The van der Waals surface area contributed by atoms with Gasteiger partial charge in [0.05, 0.1) is 17.6 Å². The van der Waals surface area contributed by atoms with Crippen molar-refractivity contribution in [1.82, 2.24) is 14.9 Å². The van der Waals surface area contributed by atoms with Crippen LogP contribution in [-0.2, 0) is 22.3 Å². The molecule has 2 aromatic carbocycles. The SMILES string of the molecule is O=C(NC1(C(=O)O)CC1c1cn(Cc2ccccc2)cn1)C1CCN(c2cccc(C(F)(F)F)c2)CC1. The summed E-state index contributed by atoms with van der Waals surface area (Å²) in [5.74, 6) is -2.26. The number of halogens is 3. The first-order valence-corrected chi connectivity index (χ1v) is 12.2. The first-order valence-electron chi connectivity index (χ1n) is 12.2. The fourth-order valence-electron chi connectivity index (χ4n) is 5.09. The highest BCUT2D eigenvalue weighted by molar-refractivity contribution is 5.92. The van der Waals surface area contributed by atoms with Crippen molar-refractivity contribution in [3.05, 3.63) is 83.9 Å². The first kappa shape index (κ1) is 24.9. The highest BCUT2D eigenvalue weighted by Gasteiger charge is 2.63. The van der Waals surface area contributed by atoms with Gasteiger partial charge in [-0.15, -0.1) is 0 Å². The minimum Gasteiger partial charge on any atom is -0.479 e. The number of carboxylic acids is 1. The van der Waals surface area contributed by atoms with Gasteiger partial charge in [0, 0.05) is 43.4 Å². The quantitative estimate of drug-likeness (QED) is 0.493. The molecule has 2 unspecified atom stereocenters. The third kappa shape index (κ3) is 5.19. The lowest BCUT2D eigenvalue weighted by molar-refractivity contribution is -0.144. The fourth-order valence-corrected chi connectivity index (χ4v) is 5.09. The predicted octanol–water partition coefficient (Wildman–Crippen LogP) is 4.29. The fraction of sp³-hybridized carbons (Fsp3) is 0.370. The van der Waals surface area contributed by atoms with Gasteiger partial charge in [0.2, 0.25) is 5.91 Å². The second-order valence-corrected chi connectivity index (χ2v) is 9.79. The summed E-state index contributed by atoms with van der Waals surface area (Å²) in [6, 6.07) is 15.0. The molecule has 2 aliphatic rings. The monoisotopic (exact) mass is 512 g/mol. The number of benzene rings is 2. The Bertz CT molecular complexity index is 1290. The largest absolute Gasteiger partial charge is 0.479 e. The molecule has 2 N–H and O–H groups in total. The van der Waals surface area contributed by atoms with Gasteiger partial charge in [-0.25, -0.2) is 9.78 Å². The van der Waals surface area contributed by atoms with Crippen LogP contribution in [0.3, 0.4) is 0 Å². The van der Waals surface area contributed by atoms with Crippen LogP contribution in [0.1, 0.15) is 42.0 Å². The average molecular weight is 513 g/mol. The van der Waals surface area contributed by atoms with E-state index in [1.54, 1.807) is 12.4 Å². The predicted molar refractivity (Wildman–Crippen MR) is 130 cm³/mol. The van der Waals surface area contributed by atoms with Gasteiger partial charge in [-0.1, -0.05) is 36.4 Å². The Labute approximate surface area is 211 Å². The maximum atomic E-state index is 13.1. The Kier molecular flexibility index (Phi) is 6.43. The molecular weight excluding hydrogens is 485 g/mol. The van der Waals surface area contributed by atoms with Crippen molar-refractivity contribution < 1.29 is 27.9 Å². The minimum atomic E-state index is -4.42. The molecule has 3 aromatic rings. The molecule has 7 nitrogen and oxygen atoms in total. The number of rotatable bonds is 7. The molecular formula is C27H27F3N4O3. The number of hydrogen-bond donors (Lipinski definition) is 2. The van der Waals surface area contributed by atoms with Crippen LogP contribution in [0.25, 0.3) is 0 Å².